The van der Waals surface area contributed by atoms with Crippen LogP contribution in [0.1, 0.15) is 91.4 Å². The zero-order valence-electron chi connectivity index (χ0n) is 13.0. The molecule has 1 rings (SSSR count). The van der Waals surface area contributed by atoms with Gasteiger partial charge in [0.05, 0.1) is 0 Å². The molecule has 1 saturated carbocycles. The molecule has 0 aromatic rings. The van der Waals surface area contributed by atoms with E-state index in [1.165, 1.54) is 70.6 Å². The standard InChI is InChI=1S/C17H35N/c1-4-5-6-7-8-9-10-11-12-15(2)16(3)18-17-13-14-17/h15-18H,4-14H2,1-3H3. The van der Waals surface area contributed by atoms with Gasteiger partial charge in [0.25, 0.3) is 0 Å². The van der Waals surface area contributed by atoms with Gasteiger partial charge in [-0.2, -0.15) is 0 Å². The van der Waals surface area contributed by atoms with Crippen molar-refractivity contribution in [3.8, 4) is 0 Å². The van der Waals surface area contributed by atoms with E-state index in [1.54, 1.807) is 0 Å². The van der Waals surface area contributed by atoms with Crippen molar-refractivity contribution >= 4 is 0 Å². The van der Waals surface area contributed by atoms with Crippen molar-refractivity contribution in [2.24, 2.45) is 5.92 Å². The molecule has 1 nitrogen and oxygen atoms in total. The molecule has 0 heterocycles. The summed E-state index contributed by atoms with van der Waals surface area (Å²) in [5.74, 6) is 0.852. The van der Waals surface area contributed by atoms with E-state index in [1.807, 2.05) is 0 Å². The quantitative estimate of drug-likeness (QED) is 0.466. The molecule has 1 aliphatic rings. The Labute approximate surface area is 115 Å². The average molecular weight is 253 g/mol. The van der Waals surface area contributed by atoms with Gasteiger partial charge < -0.3 is 5.32 Å². The molecule has 2 unspecified atom stereocenters. The van der Waals surface area contributed by atoms with E-state index in [4.69, 9.17) is 0 Å². The van der Waals surface area contributed by atoms with Crippen molar-refractivity contribution in [3.05, 3.63) is 0 Å². The van der Waals surface area contributed by atoms with Crippen molar-refractivity contribution < 1.29 is 0 Å². The Bertz CT molecular complexity index is 186. The maximum Gasteiger partial charge on any atom is 0.00708 e. The molecule has 18 heavy (non-hydrogen) atoms. The fraction of sp³-hybridized carbons (Fsp3) is 1.00. The minimum absolute atomic E-state index is 0.724. The minimum Gasteiger partial charge on any atom is -0.311 e. The van der Waals surface area contributed by atoms with Crippen LogP contribution >= 0.6 is 0 Å². The molecule has 0 spiro atoms. The average Bonchev–Trinajstić information content (AvgIpc) is 3.16. The first-order valence-electron chi connectivity index (χ1n) is 8.50. The predicted octanol–water partition coefficient (Wildman–Crippen LogP) is 5.29. The van der Waals surface area contributed by atoms with Crippen LogP contribution in [0, 0.1) is 5.92 Å². The molecule has 0 amide bonds. The van der Waals surface area contributed by atoms with Crippen molar-refractivity contribution in [1.29, 1.82) is 0 Å². The van der Waals surface area contributed by atoms with Crippen LogP contribution in [0.2, 0.25) is 0 Å². The highest BCUT2D eigenvalue weighted by Crippen LogP contribution is 2.22. The number of hydrogen-bond acceptors (Lipinski definition) is 1. The molecule has 1 N–H and O–H groups in total. The van der Waals surface area contributed by atoms with Gasteiger partial charge in [-0.1, -0.05) is 65.2 Å². The van der Waals surface area contributed by atoms with Gasteiger partial charge in [-0.25, -0.2) is 0 Å². The summed E-state index contributed by atoms with van der Waals surface area (Å²) in [6.45, 7) is 7.08. The van der Waals surface area contributed by atoms with Gasteiger partial charge in [-0.05, 0) is 32.1 Å². The second kappa shape index (κ2) is 9.83. The Balaban J connectivity index is 1.83. The minimum atomic E-state index is 0.724. The number of hydrogen-bond donors (Lipinski definition) is 1. The molecule has 108 valence electrons. The van der Waals surface area contributed by atoms with Crippen LogP contribution < -0.4 is 5.32 Å². The predicted molar refractivity (Wildman–Crippen MR) is 82.0 cm³/mol. The van der Waals surface area contributed by atoms with Crippen LogP contribution in [0.4, 0.5) is 0 Å². The first kappa shape index (κ1) is 16.0. The Morgan fingerprint density at radius 1 is 0.889 bits per heavy atom. The molecule has 1 fully saturated rings. The lowest BCUT2D eigenvalue weighted by Gasteiger charge is -2.21. The normalized spacial score (nSPS) is 18.8. The summed E-state index contributed by atoms with van der Waals surface area (Å²) in [7, 11) is 0. The van der Waals surface area contributed by atoms with Crippen LogP contribution in [-0.2, 0) is 0 Å². The van der Waals surface area contributed by atoms with Gasteiger partial charge in [0, 0.05) is 12.1 Å². The molecular weight excluding hydrogens is 218 g/mol. The molecule has 0 aromatic heterocycles. The highest BCUT2D eigenvalue weighted by Gasteiger charge is 2.24. The Morgan fingerprint density at radius 3 is 2.00 bits per heavy atom. The van der Waals surface area contributed by atoms with Gasteiger partial charge in [0.2, 0.25) is 0 Å². The summed E-state index contributed by atoms with van der Waals surface area (Å²) in [4.78, 5) is 0. The zero-order chi connectivity index (χ0) is 13.2. The largest absolute Gasteiger partial charge is 0.311 e. The van der Waals surface area contributed by atoms with Gasteiger partial charge in [0.15, 0.2) is 0 Å². The molecule has 0 saturated heterocycles. The maximum atomic E-state index is 3.73. The molecule has 0 aliphatic heterocycles. The number of rotatable bonds is 12. The molecule has 0 radical (unpaired) electrons. The molecule has 0 bridgehead atoms. The van der Waals surface area contributed by atoms with E-state index in [0.717, 1.165) is 18.0 Å². The lowest BCUT2D eigenvalue weighted by atomic mass is 9.95. The topological polar surface area (TPSA) is 12.0 Å². The molecule has 1 heteroatoms. The second-order valence-corrected chi connectivity index (χ2v) is 6.47. The van der Waals surface area contributed by atoms with Crippen molar-refractivity contribution in [3.63, 3.8) is 0 Å². The lowest BCUT2D eigenvalue weighted by molar-refractivity contribution is 0.363. The van der Waals surface area contributed by atoms with E-state index in [9.17, 15) is 0 Å². The monoisotopic (exact) mass is 253 g/mol. The summed E-state index contributed by atoms with van der Waals surface area (Å²) in [5, 5.41) is 3.73. The molecule has 1 aliphatic carbocycles. The van der Waals surface area contributed by atoms with Crippen LogP contribution in [-0.4, -0.2) is 12.1 Å². The van der Waals surface area contributed by atoms with Crippen molar-refractivity contribution in [2.45, 2.75) is 103 Å². The van der Waals surface area contributed by atoms with E-state index in [0.29, 0.717) is 0 Å². The highest BCUT2D eigenvalue weighted by atomic mass is 15.0. The van der Waals surface area contributed by atoms with E-state index in [-0.39, 0.29) is 0 Å². The third kappa shape index (κ3) is 8.13. The Hall–Kier alpha value is -0.0400. The third-order valence-corrected chi connectivity index (χ3v) is 4.44. The molecule has 0 aromatic carbocycles. The highest BCUT2D eigenvalue weighted by molar-refractivity contribution is 4.84. The van der Waals surface area contributed by atoms with Crippen LogP contribution in [0.5, 0.6) is 0 Å². The third-order valence-electron chi connectivity index (χ3n) is 4.44. The summed E-state index contributed by atoms with van der Waals surface area (Å²) in [6, 6.07) is 1.59. The Morgan fingerprint density at radius 2 is 1.44 bits per heavy atom. The summed E-state index contributed by atoms with van der Waals surface area (Å²) in [5.41, 5.74) is 0. The maximum absolute atomic E-state index is 3.73. The van der Waals surface area contributed by atoms with Crippen LogP contribution in [0.3, 0.4) is 0 Å². The van der Waals surface area contributed by atoms with Gasteiger partial charge in [0.1, 0.15) is 0 Å². The van der Waals surface area contributed by atoms with Gasteiger partial charge in [-0.15, -0.1) is 0 Å². The van der Waals surface area contributed by atoms with Crippen molar-refractivity contribution in [2.75, 3.05) is 0 Å². The van der Waals surface area contributed by atoms with E-state index >= 15 is 0 Å². The first-order valence-corrected chi connectivity index (χ1v) is 8.50. The second-order valence-electron chi connectivity index (χ2n) is 6.47. The smallest absolute Gasteiger partial charge is 0.00708 e. The lowest BCUT2D eigenvalue weighted by Crippen LogP contribution is -2.33. The summed E-state index contributed by atoms with van der Waals surface area (Å²) in [6.07, 6.45) is 15.8. The van der Waals surface area contributed by atoms with Crippen LogP contribution in [0.15, 0.2) is 0 Å². The van der Waals surface area contributed by atoms with Gasteiger partial charge >= 0.3 is 0 Å². The summed E-state index contributed by atoms with van der Waals surface area (Å²) < 4.78 is 0. The fourth-order valence-corrected chi connectivity index (χ4v) is 2.64. The fourth-order valence-electron chi connectivity index (χ4n) is 2.64. The summed E-state index contributed by atoms with van der Waals surface area (Å²) >= 11 is 0. The first-order chi connectivity index (χ1) is 8.74. The van der Waals surface area contributed by atoms with E-state index < -0.39 is 0 Å². The number of unbranched alkanes of at least 4 members (excludes halogenated alkanes) is 7. The SMILES string of the molecule is CCCCCCCCCCC(C)C(C)NC1CC1. The molecule has 2 atom stereocenters. The van der Waals surface area contributed by atoms with Gasteiger partial charge in [-0.3, -0.25) is 0 Å². The van der Waals surface area contributed by atoms with Crippen LogP contribution in [0.25, 0.3) is 0 Å². The Kier molecular flexibility index (Phi) is 8.75. The zero-order valence-corrected chi connectivity index (χ0v) is 13.0. The number of nitrogens with one attached hydrogen (secondary N) is 1. The van der Waals surface area contributed by atoms with E-state index in [2.05, 4.69) is 26.1 Å². The van der Waals surface area contributed by atoms with Crippen molar-refractivity contribution in [1.82, 2.24) is 5.32 Å². The molecular formula is C17H35N.